The summed E-state index contributed by atoms with van der Waals surface area (Å²) in [6.07, 6.45) is 2.25. The zero-order valence-corrected chi connectivity index (χ0v) is 18.4. The van der Waals surface area contributed by atoms with Gasteiger partial charge < -0.3 is 9.84 Å². The summed E-state index contributed by atoms with van der Waals surface area (Å²) in [4.78, 5) is 3.49. The van der Waals surface area contributed by atoms with Crippen LogP contribution in [0.25, 0.3) is 0 Å². The van der Waals surface area contributed by atoms with Crippen molar-refractivity contribution in [2.75, 3.05) is 13.2 Å². The second kappa shape index (κ2) is 10.8. The van der Waals surface area contributed by atoms with Crippen LogP contribution in [-0.2, 0) is 18.9 Å². The fraction of sp³-hybridized carbons (Fsp3) is 0.308. The van der Waals surface area contributed by atoms with Gasteiger partial charge in [-0.3, -0.25) is 4.90 Å². The van der Waals surface area contributed by atoms with E-state index in [4.69, 9.17) is 4.74 Å². The molecule has 0 aromatic heterocycles. The summed E-state index contributed by atoms with van der Waals surface area (Å²) in [7, 11) is 0. The molecule has 4 rings (SSSR count). The van der Waals surface area contributed by atoms with E-state index >= 15 is 0 Å². The van der Waals surface area contributed by atoms with Gasteiger partial charge in [0.2, 0.25) is 0 Å². The largest absolute Gasteiger partial charge is 0.489 e. The van der Waals surface area contributed by atoms with Gasteiger partial charge in [0.15, 0.2) is 0 Å². The summed E-state index contributed by atoms with van der Waals surface area (Å²) in [5, 5.41) is 9.48. The Hall–Kier alpha value is -2.34. The molecule has 3 aromatic carbocycles. The summed E-state index contributed by atoms with van der Waals surface area (Å²) in [6.45, 7) is 2.72. The van der Waals surface area contributed by atoms with E-state index in [2.05, 4.69) is 35.2 Å². The highest BCUT2D eigenvalue weighted by Crippen LogP contribution is 2.27. The van der Waals surface area contributed by atoms with Gasteiger partial charge in [-0.25, -0.2) is 4.39 Å². The summed E-state index contributed by atoms with van der Waals surface area (Å²) >= 11 is 1.71. The molecule has 0 bridgehead atoms. The first-order chi connectivity index (χ1) is 15.2. The van der Waals surface area contributed by atoms with Crippen molar-refractivity contribution in [1.29, 1.82) is 0 Å². The molecule has 1 heterocycles. The average molecular weight is 438 g/mol. The van der Waals surface area contributed by atoms with Crippen molar-refractivity contribution in [2.24, 2.45) is 0 Å². The third kappa shape index (κ3) is 6.33. The Bertz CT molecular complexity index is 962. The third-order valence-electron chi connectivity index (χ3n) is 5.65. The van der Waals surface area contributed by atoms with E-state index in [0.29, 0.717) is 12.6 Å². The Balaban J connectivity index is 1.28. The number of aliphatic hydroxyl groups is 1. The lowest BCUT2D eigenvalue weighted by atomic mass is 10.1. The molecule has 31 heavy (non-hydrogen) atoms. The molecule has 0 spiro atoms. The van der Waals surface area contributed by atoms with Crippen molar-refractivity contribution in [2.45, 2.75) is 42.7 Å². The molecular weight excluding hydrogens is 409 g/mol. The van der Waals surface area contributed by atoms with Crippen molar-refractivity contribution < 1.29 is 14.2 Å². The van der Waals surface area contributed by atoms with Crippen molar-refractivity contribution in [1.82, 2.24) is 4.90 Å². The molecule has 0 unspecified atom stereocenters. The second-order valence-electron chi connectivity index (χ2n) is 7.94. The van der Waals surface area contributed by atoms with Crippen LogP contribution in [0.3, 0.4) is 0 Å². The first kappa shape index (κ1) is 21.9. The fourth-order valence-electron chi connectivity index (χ4n) is 3.85. The van der Waals surface area contributed by atoms with Gasteiger partial charge in [-0.1, -0.05) is 42.5 Å². The Morgan fingerprint density at radius 1 is 0.968 bits per heavy atom. The van der Waals surface area contributed by atoms with Crippen LogP contribution in [0.5, 0.6) is 5.75 Å². The Morgan fingerprint density at radius 3 is 2.48 bits per heavy atom. The fourth-order valence-corrected chi connectivity index (χ4v) is 4.75. The molecule has 1 aliphatic rings. The van der Waals surface area contributed by atoms with Gasteiger partial charge in [0.25, 0.3) is 0 Å². The Morgan fingerprint density at radius 2 is 1.71 bits per heavy atom. The van der Waals surface area contributed by atoms with Crippen LogP contribution in [0, 0.1) is 5.82 Å². The van der Waals surface area contributed by atoms with Crippen LogP contribution in [0.1, 0.15) is 29.5 Å². The maximum absolute atomic E-state index is 13.0. The minimum atomic E-state index is -0.206. The van der Waals surface area contributed by atoms with Gasteiger partial charge in [-0.05, 0) is 66.4 Å². The monoisotopic (exact) mass is 437 g/mol. The van der Waals surface area contributed by atoms with Crippen molar-refractivity contribution in [3.63, 3.8) is 0 Å². The summed E-state index contributed by atoms with van der Waals surface area (Å²) in [5.74, 6) is 1.43. The van der Waals surface area contributed by atoms with Crippen molar-refractivity contribution >= 4 is 11.8 Å². The maximum Gasteiger partial charge on any atom is 0.123 e. The Kier molecular flexibility index (Phi) is 7.62. The van der Waals surface area contributed by atoms with Crippen LogP contribution < -0.4 is 4.74 Å². The lowest BCUT2D eigenvalue weighted by Gasteiger charge is -2.22. The molecule has 0 radical (unpaired) electrons. The van der Waals surface area contributed by atoms with Crippen LogP contribution in [0.4, 0.5) is 4.39 Å². The number of halogens is 1. The van der Waals surface area contributed by atoms with Gasteiger partial charge in [0.1, 0.15) is 18.2 Å². The molecular formula is C26H28FNO2S. The van der Waals surface area contributed by atoms with E-state index in [1.165, 1.54) is 24.1 Å². The average Bonchev–Trinajstić information content (AvgIpc) is 3.26. The smallest absolute Gasteiger partial charge is 0.123 e. The van der Waals surface area contributed by atoms with E-state index in [1.807, 2.05) is 30.3 Å². The topological polar surface area (TPSA) is 32.7 Å². The third-order valence-corrected chi connectivity index (χ3v) is 6.71. The molecule has 1 saturated heterocycles. The van der Waals surface area contributed by atoms with Crippen LogP contribution in [0.2, 0.25) is 0 Å². The molecule has 0 amide bonds. The summed E-state index contributed by atoms with van der Waals surface area (Å²) < 4.78 is 19.0. The number of thioether (sulfide) groups is 1. The normalized spacial score (nSPS) is 16.5. The molecule has 5 heteroatoms. The molecule has 1 aliphatic heterocycles. The number of nitrogens with zero attached hydrogens (tertiary/aromatic N) is 1. The number of aliphatic hydroxyl groups excluding tert-OH is 1. The minimum absolute atomic E-state index is 0.206. The van der Waals surface area contributed by atoms with E-state index < -0.39 is 0 Å². The van der Waals surface area contributed by atoms with Crippen LogP contribution in [-0.4, -0.2) is 29.2 Å². The lowest BCUT2D eigenvalue weighted by Crippen LogP contribution is -2.31. The number of hydrogen-bond donors (Lipinski definition) is 1. The van der Waals surface area contributed by atoms with Crippen LogP contribution in [0.15, 0.2) is 77.7 Å². The standard InChI is InChI=1S/C26H28FNO2S/c27-23-12-10-22(11-13-23)19-31-26-5-1-4-25(15-26)30-18-21-8-6-20(7-9-21)16-28-14-2-3-24(28)17-29/h1,4-13,15,24,29H,2-3,14,16-19H2/t24-/m1/s1. The molecule has 3 aromatic rings. The molecule has 0 saturated carbocycles. The van der Waals surface area contributed by atoms with Crippen molar-refractivity contribution in [3.05, 3.63) is 95.3 Å². The zero-order chi connectivity index (χ0) is 21.5. The first-order valence-electron chi connectivity index (χ1n) is 10.7. The number of benzene rings is 3. The maximum atomic E-state index is 13.0. The quantitative estimate of drug-likeness (QED) is 0.438. The Labute approximate surface area is 187 Å². The number of rotatable bonds is 9. The molecule has 1 N–H and O–H groups in total. The van der Waals surface area contributed by atoms with Crippen molar-refractivity contribution in [3.8, 4) is 5.75 Å². The summed E-state index contributed by atoms with van der Waals surface area (Å²) in [5.41, 5.74) is 3.49. The van der Waals surface area contributed by atoms with E-state index in [-0.39, 0.29) is 12.4 Å². The molecule has 1 atom stereocenters. The summed E-state index contributed by atoms with van der Waals surface area (Å²) in [6, 6.07) is 23.6. The minimum Gasteiger partial charge on any atom is -0.489 e. The number of ether oxygens (including phenoxy) is 1. The predicted molar refractivity (Wildman–Crippen MR) is 124 cm³/mol. The molecule has 162 valence electrons. The number of likely N-dealkylation sites (tertiary alicyclic amines) is 1. The van der Waals surface area contributed by atoms with Gasteiger partial charge in [-0.15, -0.1) is 11.8 Å². The van der Waals surface area contributed by atoms with Gasteiger partial charge >= 0.3 is 0 Å². The highest BCUT2D eigenvalue weighted by molar-refractivity contribution is 7.98. The van der Waals surface area contributed by atoms with E-state index in [1.54, 1.807) is 11.8 Å². The lowest BCUT2D eigenvalue weighted by molar-refractivity contribution is 0.153. The first-order valence-corrected chi connectivity index (χ1v) is 11.7. The molecule has 1 fully saturated rings. The van der Waals surface area contributed by atoms with E-state index in [0.717, 1.165) is 47.0 Å². The highest BCUT2D eigenvalue weighted by atomic mass is 32.2. The molecule has 0 aliphatic carbocycles. The van der Waals surface area contributed by atoms with E-state index in [9.17, 15) is 9.50 Å². The predicted octanol–water partition coefficient (Wildman–Crippen LogP) is 5.65. The number of hydrogen-bond acceptors (Lipinski definition) is 4. The van der Waals surface area contributed by atoms with Crippen LogP contribution >= 0.6 is 11.8 Å². The second-order valence-corrected chi connectivity index (χ2v) is 8.99. The van der Waals surface area contributed by atoms with Gasteiger partial charge in [0.05, 0.1) is 6.61 Å². The SMILES string of the molecule is OC[C@H]1CCCN1Cc1ccc(COc2cccc(SCc3ccc(F)cc3)c2)cc1. The van der Waals surface area contributed by atoms with Gasteiger partial charge in [0, 0.05) is 23.2 Å². The van der Waals surface area contributed by atoms with Gasteiger partial charge in [-0.2, -0.15) is 0 Å². The molecule has 3 nitrogen and oxygen atoms in total. The zero-order valence-electron chi connectivity index (χ0n) is 17.5. The highest BCUT2D eigenvalue weighted by Gasteiger charge is 2.23.